The smallest absolute Gasteiger partial charge is 0.298 e. The minimum Gasteiger partial charge on any atom is -0.298 e. The van der Waals surface area contributed by atoms with Crippen molar-refractivity contribution in [2.45, 2.75) is 32.5 Å². The van der Waals surface area contributed by atoms with Gasteiger partial charge in [-0.25, -0.2) is 0 Å². The number of rotatable bonds is 2. The fourth-order valence-electron chi connectivity index (χ4n) is 3.70. The summed E-state index contributed by atoms with van der Waals surface area (Å²) in [6.07, 6.45) is -2.13. The lowest BCUT2D eigenvalue weighted by Crippen LogP contribution is -2.28. The Morgan fingerprint density at radius 1 is 1.25 bits per heavy atom. The third kappa shape index (κ3) is 3.50. The summed E-state index contributed by atoms with van der Waals surface area (Å²) in [5.74, 6) is 6.20. The highest BCUT2D eigenvalue weighted by atomic mass is 19.4. The Kier molecular flexibility index (Phi) is 4.63. The Bertz CT molecular complexity index is 1160. The average Bonchev–Trinajstić information content (AvgIpc) is 3.28. The van der Waals surface area contributed by atoms with Crippen LogP contribution in [0, 0.1) is 18.8 Å². The molecule has 0 atom stereocenters. The molecule has 0 amide bonds. The molecular formula is C20H19F3N4O. The number of nitrogens with zero attached hydrogens (tertiary/aromatic N) is 3. The predicted molar refractivity (Wildman–Crippen MR) is 101 cm³/mol. The summed E-state index contributed by atoms with van der Waals surface area (Å²) in [5.41, 5.74) is 1.01. The van der Waals surface area contributed by atoms with E-state index >= 15 is 0 Å². The van der Waals surface area contributed by atoms with Crippen LogP contribution in [0.2, 0.25) is 0 Å². The zero-order chi connectivity index (χ0) is 19.9. The van der Waals surface area contributed by atoms with E-state index in [-0.39, 0.29) is 10.9 Å². The number of likely N-dealkylation sites (tertiary alicyclic amines) is 1. The van der Waals surface area contributed by atoms with Crippen LogP contribution >= 0.6 is 0 Å². The van der Waals surface area contributed by atoms with Crippen molar-refractivity contribution in [2.75, 3.05) is 19.6 Å². The minimum atomic E-state index is -4.50. The van der Waals surface area contributed by atoms with Crippen LogP contribution in [0.15, 0.2) is 23.0 Å². The van der Waals surface area contributed by atoms with Crippen molar-refractivity contribution in [1.29, 1.82) is 0 Å². The zero-order valence-electron chi connectivity index (χ0n) is 15.4. The molecule has 0 bridgehead atoms. The first-order valence-electron chi connectivity index (χ1n) is 9.13. The summed E-state index contributed by atoms with van der Waals surface area (Å²) >= 11 is 0. The van der Waals surface area contributed by atoms with Crippen LogP contribution in [0.1, 0.15) is 24.1 Å². The Balaban J connectivity index is 1.83. The van der Waals surface area contributed by atoms with E-state index in [2.05, 4.69) is 26.9 Å². The van der Waals surface area contributed by atoms with E-state index in [0.717, 1.165) is 17.7 Å². The number of benzene rings is 1. The molecule has 1 aliphatic rings. The Hall–Kier alpha value is -2.79. The highest BCUT2D eigenvalue weighted by Gasteiger charge is 2.30. The highest BCUT2D eigenvalue weighted by Crippen LogP contribution is 2.26. The molecule has 8 heteroatoms. The van der Waals surface area contributed by atoms with Gasteiger partial charge in [-0.1, -0.05) is 11.8 Å². The first kappa shape index (κ1) is 18.6. The maximum absolute atomic E-state index is 13.1. The zero-order valence-corrected chi connectivity index (χ0v) is 15.4. The van der Waals surface area contributed by atoms with Crippen molar-refractivity contribution >= 4 is 21.8 Å². The number of aryl methyl sites for hydroxylation is 1. The van der Waals surface area contributed by atoms with Gasteiger partial charge in [0.05, 0.1) is 17.4 Å². The summed E-state index contributed by atoms with van der Waals surface area (Å²) < 4.78 is 39.9. The van der Waals surface area contributed by atoms with Gasteiger partial charge >= 0.3 is 6.18 Å². The second-order valence-corrected chi connectivity index (χ2v) is 7.10. The fourth-order valence-corrected chi connectivity index (χ4v) is 3.70. The van der Waals surface area contributed by atoms with E-state index in [4.69, 9.17) is 0 Å². The highest BCUT2D eigenvalue weighted by molar-refractivity contribution is 6.04. The summed E-state index contributed by atoms with van der Waals surface area (Å²) in [7, 11) is 0. The van der Waals surface area contributed by atoms with Gasteiger partial charge in [0.2, 0.25) is 0 Å². The summed E-state index contributed by atoms with van der Waals surface area (Å²) in [4.78, 5) is 14.9. The number of hydrogen-bond acceptors (Lipinski definition) is 3. The van der Waals surface area contributed by atoms with Crippen LogP contribution in [0.5, 0.6) is 0 Å². The topological polar surface area (TPSA) is 53.9 Å². The maximum Gasteiger partial charge on any atom is 0.406 e. The van der Waals surface area contributed by atoms with E-state index < -0.39 is 18.3 Å². The van der Waals surface area contributed by atoms with Gasteiger partial charge in [-0.3, -0.25) is 19.4 Å². The minimum absolute atomic E-state index is 0.180. The van der Waals surface area contributed by atoms with Crippen LogP contribution < -0.4 is 5.56 Å². The number of nitrogens with one attached hydrogen (secondary N) is 1. The molecule has 1 aromatic carbocycles. The number of aromatic nitrogens is 3. The number of pyridine rings is 1. The lowest BCUT2D eigenvalue weighted by atomic mass is 10.1. The van der Waals surface area contributed by atoms with E-state index in [1.54, 1.807) is 19.1 Å². The van der Waals surface area contributed by atoms with Crippen molar-refractivity contribution < 1.29 is 13.2 Å². The molecule has 5 nitrogen and oxygen atoms in total. The van der Waals surface area contributed by atoms with Crippen LogP contribution in [0.25, 0.3) is 21.8 Å². The van der Waals surface area contributed by atoms with Crippen molar-refractivity contribution in [1.82, 2.24) is 19.7 Å². The predicted octanol–water partition coefficient (Wildman–Crippen LogP) is 3.20. The van der Waals surface area contributed by atoms with Crippen molar-refractivity contribution in [3.8, 4) is 11.8 Å². The molecule has 146 valence electrons. The van der Waals surface area contributed by atoms with Gasteiger partial charge in [-0.2, -0.15) is 18.3 Å². The Morgan fingerprint density at radius 2 is 2.00 bits per heavy atom. The van der Waals surface area contributed by atoms with Gasteiger partial charge in [0, 0.05) is 16.6 Å². The molecule has 0 unspecified atom stereocenters. The molecule has 1 N–H and O–H groups in total. The van der Waals surface area contributed by atoms with Crippen LogP contribution in [-0.4, -0.2) is 45.5 Å². The van der Waals surface area contributed by atoms with Gasteiger partial charge < -0.3 is 0 Å². The van der Waals surface area contributed by atoms with Crippen LogP contribution in [-0.2, 0) is 6.54 Å². The molecule has 3 heterocycles. The molecule has 4 rings (SSSR count). The SMILES string of the molecule is Cc1[nH]nc2c1c(=O)n(CC(F)(F)F)c1ccc(C#CCN3CCCC3)cc21. The lowest BCUT2D eigenvalue weighted by Gasteiger charge is -2.13. The molecule has 3 aromatic rings. The Labute approximate surface area is 159 Å². The number of alkyl halides is 3. The summed E-state index contributed by atoms with van der Waals surface area (Å²) in [6.45, 7) is 3.04. The molecule has 0 radical (unpaired) electrons. The van der Waals surface area contributed by atoms with E-state index in [0.29, 0.717) is 28.7 Å². The van der Waals surface area contributed by atoms with Gasteiger partial charge in [-0.05, 0) is 51.1 Å². The standard InChI is InChI=1S/C20H19F3N4O/c1-13-17-18(25-24-13)15-11-14(5-4-10-26-8-2-3-9-26)6-7-16(15)27(19(17)28)12-20(21,22)23/h6-7,11H,2-3,8-10,12H2,1H3,(H,24,25). The average molecular weight is 388 g/mol. The lowest BCUT2D eigenvalue weighted by molar-refractivity contribution is -0.140. The van der Waals surface area contributed by atoms with Crippen LogP contribution in [0.3, 0.4) is 0 Å². The van der Waals surface area contributed by atoms with Gasteiger partial charge in [0.1, 0.15) is 12.1 Å². The third-order valence-corrected chi connectivity index (χ3v) is 5.02. The molecule has 0 spiro atoms. The van der Waals surface area contributed by atoms with Gasteiger partial charge in [0.15, 0.2) is 0 Å². The first-order valence-corrected chi connectivity index (χ1v) is 9.13. The molecule has 1 fully saturated rings. The van der Waals surface area contributed by atoms with Crippen molar-refractivity contribution in [2.24, 2.45) is 0 Å². The molecular weight excluding hydrogens is 369 g/mol. The maximum atomic E-state index is 13.1. The number of aromatic amines is 1. The van der Waals surface area contributed by atoms with Gasteiger partial charge in [0.25, 0.3) is 5.56 Å². The summed E-state index contributed by atoms with van der Waals surface area (Å²) in [6, 6.07) is 4.88. The van der Waals surface area contributed by atoms with Crippen molar-refractivity contribution in [3.63, 3.8) is 0 Å². The van der Waals surface area contributed by atoms with Crippen LogP contribution in [0.4, 0.5) is 13.2 Å². The quantitative estimate of drug-likeness (QED) is 0.686. The Morgan fingerprint density at radius 3 is 2.71 bits per heavy atom. The summed E-state index contributed by atoms with van der Waals surface area (Å²) in [5, 5.41) is 7.53. The largest absolute Gasteiger partial charge is 0.406 e. The molecule has 1 saturated heterocycles. The number of H-pyrrole nitrogens is 1. The number of hydrogen-bond donors (Lipinski definition) is 1. The van der Waals surface area contributed by atoms with E-state index in [1.807, 2.05) is 0 Å². The first-order chi connectivity index (χ1) is 13.3. The molecule has 0 saturated carbocycles. The fraction of sp³-hybridized carbons (Fsp3) is 0.400. The van der Waals surface area contributed by atoms with Gasteiger partial charge in [-0.15, -0.1) is 0 Å². The number of halogens is 3. The third-order valence-electron chi connectivity index (χ3n) is 5.02. The monoisotopic (exact) mass is 388 g/mol. The molecule has 0 aliphatic carbocycles. The normalized spacial score (nSPS) is 15.3. The second kappa shape index (κ2) is 6.99. The molecule has 1 aliphatic heterocycles. The number of fused-ring (bicyclic) bond motifs is 3. The van der Waals surface area contributed by atoms with Crippen molar-refractivity contribution in [3.05, 3.63) is 39.8 Å². The molecule has 2 aromatic heterocycles. The second-order valence-electron chi connectivity index (χ2n) is 7.10. The molecule has 28 heavy (non-hydrogen) atoms. The van der Waals surface area contributed by atoms with E-state index in [1.165, 1.54) is 18.9 Å². The van der Waals surface area contributed by atoms with E-state index in [9.17, 15) is 18.0 Å².